The van der Waals surface area contributed by atoms with Crippen molar-refractivity contribution < 1.29 is 10.2 Å². The number of alkyl halides is 1. The van der Waals surface area contributed by atoms with E-state index in [2.05, 4.69) is 22.6 Å². The van der Waals surface area contributed by atoms with E-state index in [0.29, 0.717) is 0 Å². The third-order valence-corrected chi connectivity index (χ3v) is 2.51. The van der Waals surface area contributed by atoms with E-state index in [0.717, 1.165) is 21.1 Å². The Morgan fingerprint density at radius 3 is 1.67 bits per heavy atom. The minimum atomic E-state index is 0.0392. The quantitative estimate of drug-likeness (QED) is 0.651. The number of rotatable bonds is 3. The number of aliphatic hydroxyl groups excluding tert-OH is 2. The summed E-state index contributed by atoms with van der Waals surface area (Å²) in [5.41, 5.74) is 2.88. The SMILES string of the molecule is OCc1cc(CO)cc(CI)c1. The van der Waals surface area contributed by atoms with E-state index in [-0.39, 0.29) is 13.2 Å². The van der Waals surface area contributed by atoms with Crippen molar-refractivity contribution in [2.75, 3.05) is 0 Å². The molecule has 0 unspecified atom stereocenters. The smallest absolute Gasteiger partial charge is 0.0682 e. The third kappa shape index (κ3) is 2.43. The number of benzene rings is 1. The minimum Gasteiger partial charge on any atom is -0.392 e. The Balaban J connectivity index is 3.01. The van der Waals surface area contributed by atoms with Gasteiger partial charge in [0.25, 0.3) is 0 Å². The predicted molar refractivity (Wildman–Crippen MR) is 56.0 cm³/mol. The molecule has 0 spiro atoms. The summed E-state index contributed by atoms with van der Waals surface area (Å²) >= 11 is 2.26. The van der Waals surface area contributed by atoms with Crippen molar-refractivity contribution in [2.45, 2.75) is 17.6 Å². The van der Waals surface area contributed by atoms with Crippen LogP contribution < -0.4 is 0 Å². The van der Waals surface area contributed by atoms with E-state index in [1.165, 1.54) is 0 Å². The molecular weight excluding hydrogens is 267 g/mol. The van der Waals surface area contributed by atoms with Crippen molar-refractivity contribution in [2.24, 2.45) is 0 Å². The van der Waals surface area contributed by atoms with Crippen LogP contribution in [-0.4, -0.2) is 10.2 Å². The Labute approximate surface area is 85.4 Å². The molecule has 2 nitrogen and oxygen atoms in total. The van der Waals surface area contributed by atoms with Gasteiger partial charge < -0.3 is 10.2 Å². The van der Waals surface area contributed by atoms with Crippen molar-refractivity contribution in [3.8, 4) is 0 Å². The monoisotopic (exact) mass is 278 g/mol. The molecular formula is C9H11IO2. The van der Waals surface area contributed by atoms with Crippen molar-refractivity contribution in [1.29, 1.82) is 0 Å². The van der Waals surface area contributed by atoms with Gasteiger partial charge in [0.05, 0.1) is 13.2 Å². The number of hydrogen-bond donors (Lipinski definition) is 2. The average molecular weight is 278 g/mol. The molecule has 0 radical (unpaired) electrons. The Hall–Kier alpha value is -0.130. The molecule has 0 aliphatic heterocycles. The first kappa shape index (κ1) is 9.95. The maximum absolute atomic E-state index is 8.89. The average Bonchev–Trinajstić information content (AvgIpc) is 2.16. The first-order chi connectivity index (χ1) is 5.80. The van der Waals surface area contributed by atoms with Gasteiger partial charge in [-0.1, -0.05) is 40.8 Å². The lowest BCUT2D eigenvalue weighted by Gasteiger charge is -2.03. The molecule has 0 amide bonds. The van der Waals surface area contributed by atoms with Crippen molar-refractivity contribution in [1.82, 2.24) is 0 Å². The molecule has 0 saturated heterocycles. The molecule has 0 fully saturated rings. The fourth-order valence-corrected chi connectivity index (χ4v) is 1.54. The Kier molecular flexibility index (Phi) is 3.97. The zero-order valence-corrected chi connectivity index (χ0v) is 8.78. The second-order valence-electron chi connectivity index (χ2n) is 2.61. The van der Waals surface area contributed by atoms with Gasteiger partial charge in [0.15, 0.2) is 0 Å². The zero-order valence-electron chi connectivity index (χ0n) is 6.63. The molecule has 0 heterocycles. The number of halogens is 1. The van der Waals surface area contributed by atoms with Crippen LogP contribution in [0.2, 0.25) is 0 Å². The normalized spacial score (nSPS) is 10.2. The molecule has 3 heteroatoms. The molecule has 66 valence electrons. The van der Waals surface area contributed by atoms with Crippen LogP contribution in [0.3, 0.4) is 0 Å². The number of hydrogen-bond acceptors (Lipinski definition) is 2. The van der Waals surface area contributed by atoms with Gasteiger partial charge in [0, 0.05) is 4.43 Å². The molecule has 0 bridgehead atoms. The summed E-state index contributed by atoms with van der Waals surface area (Å²) in [6.07, 6.45) is 0. The summed E-state index contributed by atoms with van der Waals surface area (Å²) in [5.74, 6) is 0. The summed E-state index contributed by atoms with van der Waals surface area (Å²) < 4.78 is 0.901. The molecule has 0 aliphatic carbocycles. The molecule has 0 atom stereocenters. The van der Waals surface area contributed by atoms with Crippen molar-refractivity contribution in [3.05, 3.63) is 34.9 Å². The maximum Gasteiger partial charge on any atom is 0.0682 e. The molecule has 1 aromatic rings. The Morgan fingerprint density at radius 2 is 1.33 bits per heavy atom. The maximum atomic E-state index is 8.89. The van der Waals surface area contributed by atoms with Crippen LogP contribution in [-0.2, 0) is 17.6 Å². The van der Waals surface area contributed by atoms with Gasteiger partial charge in [0.2, 0.25) is 0 Å². The highest BCUT2D eigenvalue weighted by atomic mass is 127. The third-order valence-electron chi connectivity index (χ3n) is 1.63. The minimum absolute atomic E-state index is 0.0392. The van der Waals surface area contributed by atoms with Gasteiger partial charge in [0.1, 0.15) is 0 Å². The van der Waals surface area contributed by atoms with Crippen molar-refractivity contribution in [3.63, 3.8) is 0 Å². The highest BCUT2D eigenvalue weighted by molar-refractivity contribution is 14.1. The van der Waals surface area contributed by atoms with Crippen LogP contribution >= 0.6 is 22.6 Å². The molecule has 0 aromatic heterocycles. The molecule has 1 rings (SSSR count). The summed E-state index contributed by atoms with van der Waals surface area (Å²) in [5, 5.41) is 17.8. The highest BCUT2D eigenvalue weighted by Crippen LogP contribution is 2.13. The highest BCUT2D eigenvalue weighted by Gasteiger charge is 1.98. The van der Waals surface area contributed by atoms with Crippen molar-refractivity contribution >= 4 is 22.6 Å². The van der Waals surface area contributed by atoms with Gasteiger partial charge in [-0.3, -0.25) is 0 Å². The lowest BCUT2D eigenvalue weighted by Crippen LogP contribution is -1.91. The Morgan fingerprint density at radius 1 is 0.917 bits per heavy atom. The largest absolute Gasteiger partial charge is 0.392 e. The summed E-state index contributed by atoms with van der Waals surface area (Å²) in [6, 6.07) is 5.72. The second-order valence-corrected chi connectivity index (χ2v) is 3.37. The first-order valence-electron chi connectivity index (χ1n) is 3.69. The fraction of sp³-hybridized carbons (Fsp3) is 0.333. The molecule has 1 aromatic carbocycles. The van der Waals surface area contributed by atoms with Crippen LogP contribution in [0.15, 0.2) is 18.2 Å². The predicted octanol–water partition coefficient (Wildman–Crippen LogP) is 1.61. The lowest BCUT2D eigenvalue weighted by molar-refractivity contribution is 0.275. The first-order valence-corrected chi connectivity index (χ1v) is 5.22. The van der Waals surface area contributed by atoms with Gasteiger partial charge in [-0.2, -0.15) is 0 Å². The standard InChI is InChI=1S/C9H11IO2/c10-4-7-1-8(5-11)3-9(2-7)6-12/h1-3,11-12H,4-6H2. The molecule has 12 heavy (non-hydrogen) atoms. The van der Waals surface area contributed by atoms with Crippen LogP contribution in [0.25, 0.3) is 0 Å². The van der Waals surface area contributed by atoms with Crippen LogP contribution in [0.1, 0.15) is 16.7 Å². The van der Waals surface area contributed by atoms with Crippen LogP contribution in [0.4, 0.5) is 0 Å². The van der Waals surface area contributed by atoms with Crippen LogP contribution in [0.5, 0.6) is 0 Å². The lowest BCUT2D eigenvalue weighted by atomic mass is 10.1. The van der Waals surface area contributed by atoms with Gasteiger partial charge in [-0.05, 0) is 16.7 Å². The summed E-state index contributed by atoms with van der Waals surface area (Å²) in [7, 11) is 0. The van der Waals surface area contributed by atoms with E-state index >= 15 is 0 Å². The molecule has 2 N–H and O–H groups in total. The van der Waals surface area contributed by atoms with E-state index in [4.69, 9.17) is 10.2 Å². The van der Waals surface area contributed by atoms with E-state index in [1.807, 2.05) is 18.2 Å². The number of aliphatic hydroxyl groups is 2. The van der Waals surface area contributed by atoms with Crippen LogP contribution in [0, 0.1) is 0 Å². The topological polar surface area (TPSA) is 40.5 Å². The summed E-state index contributed by atoms with van der Waals surface area (Å²) in [6.45, 7) is 0.0783. The van der Waals surface area contributed by atoms with Gasteiger partial charge in [-0.25, -0.2) is 0 Å². The zero-order chi connectivity index (χ0) is 8.97. The van der Waals surface area contributed by atoms with E-state index in [1.54, 1.807) is 0 Å². The Bertz CT molecular complexity index is 205. The molecule has 0 aliphatic rings. The van der Waals surface area contributed by atoms with E-state index in [9.17, 15) is 0 Å². The fourth-order valence-electron chi connectivity index (χ4n) is 1.10. The van der Waals surface area contributed by atoms with Gasteiger partial charge >= 0.3 is 0 Å². The molecule has 0 saturated carbocycles. The summed E-state index contributed by atoms with van der Waals surface area (Å²) in [4.78, 5) is 0. The van der Waals surface area contributed by atoms with E-state index < -0.39 is 0 Å². The van der Waals surface area contributed by atoms with Gasteiger partial charge in [-0.15, -0.1) is 0 Å². The second kappa shape index (κ2) is 4.79.